The van der Waals surface area contributed by atoms with E-state index in [4.69, 9.17) is 14.7 Å². The molecular formula is C24H37N3O2. The van der Waals surface area contributed by atoms with Gasteiger partial charge in [-0.3, -0.25) is 0 Å². The van der Waals surface area contributed by atoms with E-state index in [0.717, 1.165) is 61.5 Å². The Labute approximate surface area is 176 Å². The molecule has 5 nitrogen and oxygen atoms in total. The minimum atomic E-state index is 0.110. The number of aromatic nitrogens is 2. The van der Waals surface area contributed by atoms with Crippen LogP contribution in [0.5, 0.6) is 5.88 Å². The fourth-order valence-corrected chi connectivity index (χ4v) is 3.76. The number of hydrogen-bond donors (Lipinski definition) is 1. The van der Waals surface area contributed by atoms with Gasteiger partial charge >= 0.3 is 0 Å². The molecule has 5 heteroatoms. The number of aliphatic hydroxyl groups is 1. The standard InChI is InChI=1S/C24H37N3O2/c1-6-14-27(15-7-2)22-18(5)25-23(26-24(22)29-17-11-16-28)21-19(8-3)12-10-13-20(21)9-4/h10,12-13,28H,6-9,11,14-17H2,1-5H3. The predicted octanol–water partition coefficient (Wildman–Crippen LogP) is 4.96. The minimum Gasteiger partial charge on any atom is -0.476 e. The van der Waals surface area contributed by atoms with Crippen molar-refractivity contribution in [2.75, 3.05) is 31.2 Å². The Morgan fingerprint density at radius 3 is 2.10 bits per heavy atom. The van der Waals surface area contributed by atoms with E-state index in [1.807, 2.05) is 0 Å². The summed E-state index contributed by atoms with van der Waals surface area (Å²) in [7, 11) is 0. The number of nitrogens with zero attached hydrogens (tertiary/aromatic N) is 3. The highest BCUT2D eigenvalue weighted by molar-refractivity contribution is 5.69. The first kappa shape index (κ1) is 23.1. The molecule has 29 heavy (non-hydrogen) atoms. The van der Waals surface area contributed by atoms with Crippen LogP contribution in [-0.4, -0.2) is 41.4 Å². The van der Waals surface area contributed by atoms with Crippen molar-refractivity contribution < 1.29 is 9.84 Å². The van der Waals surface area contributed by atoms with Crippen molar-refractivity contribution >= 4 is 5.69 Å². The van der Waals surface area contributed by atoms with Crippen LogP contribution >= 0.6 is 0 Å². The Balaban J connectivity index is 2.63. The Morgan fingerprint density at radius 1 is 0.966 bits per heavy atom. The second-order valence-corrected chi connectivity index (χ2v) is 7.36. The quantitative estimate of drug-likeness (QED) is 0.511. The second-order valence-electron chi connectivity index (χ2n) is 7.36. The van der Waals surface area contributed by atoms with E-state index >= 15 is 0 Å². The fourth-order valence-electron chi connectivity index (χ4n) is 3.76. The summed E-state index contributed by atoms with van der Waals surface area (Å²) in [6.45, 7) is 13.2. The van der Waals surface area contributed by atoms with Crippen molar-refractivity contribution in [1.82, 2.24) is 9.97 Å². The number of rotatable bonds is 12. The molecule has 0 amide bonds. The first-order chi connectivity index (χ1) is 14.1. The van der Waals surface area contributed by atoms with Crippen LogP contribution in [0.1, 0.15) is 63.8 Å². The maximum absolute atomic E-state index is 9.19. The molecule has 2 rings (SSSR count). The smallest absolute Gasteiger partial charge is 0.241 e. The Bertz CT molecular complexity index is 749. The van der Waals surface area contributed by atoms with Crippen LogP contribution in [0.2, 0.25) is 0 Å². The highest BCUT2D eigenvalue weighted by Crippen LogP contribution is 2.35. The second kappa shape index (κ2) is 11.8. The summed E-state index contributed by atoms with van der Waals surface area (Å²) >= 11 is 0. The highest BCUT2D eigenvalue weighted by Gasteiger charge is 2.21. The maximum atomic E-state index is 9.19. The number of aliphatic hydroxyl groups excluding tert-OH is 1. The third-order valence-electron chi connectivity index (χ3n) is 5.09. The van der Waals surface area contributed by atoms with E-state index in [1.54, 1.807) is 0 Å². The lowest BCUT2D eigenvalue weighted by Crippen LogP contribution is -2.27. The third-order valence-corrected chi connectivity index (χ3v) is 5.09. The van der Waals surface area contributed by atoms with Gasteiger partial charge in [0.15, 0.2) is 5.82 Å². The van der Waals surface area contributed by atoms with Gasteiger partial charge < -0.3 is 14.7 Å². The lowest BCUT2D eigenvalue weighted by atomic mass is 9.97. The van der Waals surface area contributed by atoms with Gasteiger partial charge in [-0.1, -0.05) is 45.9 Å². The fraction of sp³-hybridized carbons (Fsp3) is 0.583. The van der Waals surface area contributed by atoms with Crippen LogP contribution in [0.3, 0.4) is 0 Å². The summed E-state index contributed by atoms with van der Waals surface area (Å²) in [5, 5.41) is 9.19. The van der Waals surface area contributed by atoms with E-state index in [2.05, 4.69) is 57.7 Å². The Kier molecular flexibility index (Phi) is 9.39. The van der Waals surface area contributed by atoms with Gasteiger partial charge in [-0.2, -0.15) is 4.98 Å². The average molecular weight is 400 g/mol. The molecule has 0 saturated carbocycles. The zero-order valence-corrected chi connectivity index (χ0v) is 18.8. The monoisotopic (exact) mass is 399 g/mol. The van der Waals surface area contributed by atoms with E-state index in [0.29, 0.717) is 18.9 Å². The van der Waals surface area contributed by atoms with Gasteiger partial charge in [-0.05, 0) is 43.7 Å². The molecule has 1 heterocycles. The van der Waals surface area contributed by atoms with Crippen molar-refractivity contribution in [3.05, 3.63) is 35.0 Å². The number of ether oxygens (including phenoxy) is 1. The van der Waals surface area contributed by atoms with Crippen LogP contribution < -0.4 is 9.64 Å². The van der Waals surface area contributed by atoms with Crippen LogP contribution in [0.4, 0.5) is 5.69 Å². The number of hydrogen-bond acceptors (Lipinski definition) is 5. The van der Waals surface area contributed by atoms with Gasteiger partial charge in [-0.15, -0.1) is 0 Å². The summed E-state index contributed by atoms with van der Waals surface area (Å²) in [5.41, 5.74) is 5.59. The van der Waals surface area contributed by atoms with Gasteiger partial charge in [0.1, 0.15) is 5.69 Å². The van der Waals surface area contributed by atoms with Gasteiger partial charge in [0.2, 0.25) is 5.88 Å². The summed E-state index contributed by atoms with van der Waals surface area (Å²) in [5.74, 6) is 1.38. The van der Waals surface area contributed by atoms with E-state index in [-0.39, 0.29) is 6.61 Å². The van der Waals surface area contributed by atoms with Crippen molar-refractivity contribution in [2.24, 2.45) is 0 Å². The maximum Gasteiger partial charge on any atom is 0.241 e. The Morgan fingerprint density at radius 2 is 1.59 bits per heavy atom. The van der Waals surface area contributed by atoms with Crippen LogP contribution in [0, 0.1) is 6.92 Å². The molecule has 1 aromatic heterocycles. The molecule has 0 saturated heterocycles. The molecule has 0 aliphatic heterocycles. The highest BCUT2D eigenvalue weighted by atomic mass is 16.5. The van der Waals surface area contributed by atoms with E-state index < -0.39 is 0 Å². The van der Waals surface area contributed by atoms with Crippen molar-refractivity contribution in [3.8, 4) is 17.3 Å². The van der Waals surface area contributed by atoms with Crippen molar-refractivity contribution in [2.45, 2.75) is 66.7 Å². The van der Waals surface area contributed by atoms with E-state index in [1.165, 1.54) is 11.1 Å². The molecule has 0 aliphatic rings. The summed E-state index contributed by atoms with van der Waals surface area (Å²) < 4.78 is 6.09. The summed E-state index contributed by atoms with van der Waals surface area (Å²) in [4.78, 5) is 12.2. The average Bonchev–Trinajstić information content (AvgIpc) is 2.73. The molecule has 2 aromatic rings. The number of aryl methyl sites for hydroxylation is 3. The molecular weight excluding hydrogens is 362 g/mol. The molecule has 1 aromatic carbocycles. The molecule has 0 unspecified atom stereocenters. The Hall–Kier alpha value is -2.14. The molecule has 0 spiro atoms. The molecule has 0 bridgehead atoms. The van der Waals surface area contributed by atoms with Crippen LogP contribution in [0.15, 0.2) is 18.2 Å². The third kappa shape index (κ3) is 5.69. The van der Waals surface area contributed by atoms with Gasteiger partial charge in [0, 0.05) is 31.7 Å². The molecule has 160 valence electrons. The zero-order valence-electron chi connectivity index (χ0n) is 18.8. The van der Waals surface area contributed by atoms with Crippen LogP contribution in [0.25, 0.3) is 11.4 Å². The lowest BCUT2D eigenvalue weighted by molar-refractivity contribution is 0.229. The van der Waals surface area contributed by atoms with Crippen LogP contribution in [-0.2, 0) is 12.8 Å². The molecule has 0 fully saturated rings. The molecule has 0 atom stereocenters. The number of anilines is 1. The molecule has 0 radical (unpaired) electrons. The zero-order chi connectivity index (χ0) is 21.2. The normalized spacial score (nSPS) is 11.0. The predicted molar refractivity (Wildman–Crippen MR) is 121 cm³/mol. The topological polar surface area (TPSA) is 58.5 Å². The summed E-state index contributed by atoms with van der Waals surface area (Å²) in [6.07, 6.45) is 4.56. The van der Waals surface area contributed by atoms with Gasteiger partial charge in [0.05, 0.1) is 12.3 Å². The molecule has 1 N–H and O–H groups in total. The lowest BCUT2D eigenvalue weighted by Gasteiger charge is -2.27. The van der Waals surface area contributed by atoms with Crippen molar-refractivity contribution in [3.63, 3.8) is 0 Å². The first-order valence-corrected chi connectivity index (χ1v) is 11.1. The summed E-state index contributed by atoms with van der Waals surface area (Å²) in [6, 6.07) is 6.44. The molecule has 0 aliphatic carbocycles. The largest absolute Gasteiger partial charge is 0.476 e. The van der Waals surface area contributed by atoms with Gasteiger partial charge in [0.25, 0.3) is 0 Å². The van der Waals surface area contributed by atoms with Gasteiger partial charge in [-0.25, -0.2) is 4.98 Å². The van der Waals surface area contributed by atoms with E-state index in [9.17, 15) is 5.11 Å². The SMILES string of the molecule is CCCN(CCC)c1c(C)nc(-c2c(CC)cccc2CC)nc1OCCCO. The van der Waals surface area contributed by atoms with Crippen molar-refractivity contribution in [1.29, 1.82) is 0 Å². The minimum absolute atomic E-state index is 0.110. The number of benzene rings is 1. The first-order valence-electron chi connectivity index (χ1n) is 11.1.